The maximum absolute atomic E-state index is 12.4. The summed E-state index contributed by atoms with van der Waals surface area (Å²) in [5.41, 5.74) is 1.68. The number of amides is 2. The zero-order chi connectivity index (χ0) is 16.4. The van der Waals surface area contributed by atoms with Crippen molar-refractivity contribution in [1.82, 2.24) is 14.9 Å². The number of ketones is 1. The Balaban J connectivity index is 1.74. The number of fused-ring (bicyclic) bond motifs is 1. The molecule has 7 heteroatoms. The van der Waals surface area contributed by atoms with Crippen LogP contribution in [0.2, 0.25) is 0 Å². The standard InChI is InChI=1S/C16H14N4O3/c1-10(21)11-3-2-4-12-13(11)7-20(16(12)23)8-15(22)19-14-5-6-17-9-18-14/h2-6,9H,7-8H2,1H3,(H,17,18,19,22). The molecule has 1 aliphatic rings. The largest absolute Gasteiger partial charge is 0.325 e. The fourth-order valence-electron chi connectivity index (χ4n) is 2.57. The van der Waals surface area contributed by atoms with E-state index in [1.165, 1.54) is 24.3 Å². The summed E-state index contributed by atoms with van der Waals surface area (Å²) in [5, 5.41) is 2.60. The van der Waals surface area contributed by atoms with E-state index in [2.05, 4.69) is 15.3 Å². The number of anilines is 1. The lowest BCUT2D eigenvalue weighted by atomic mass is 10.0. The number of aromatic nitrogens is 2. The van der Waals surface area contributed by atoms with Crippen LogP contribution in [0.15, 0.2) is 36.8 Å². The minimum absolute atomic E-state index is 0.0954. The van der Waals surface area contributed by atoms with Crippen LogP contribution < -0.4 is 5.32 Å². The third-order valence-corrected chi connectivity index (χ3v) is 3.61. The molecule has 2 heterocycles. The van der Waals surface area contributed by atoms with Crippen molar-refractivity contribution in [1.29, 1.82) is 0 Å². The van der Waals surface area contributed by atoms with Gasteiger partial charge in [-0.15, -0.1) is 0 Å². The highest BCUT2D eigenvalue weighted by Crippen LogP contribution is 2.26. The molecule has 23 heavy (non-hydrogen) atoms. The topological polar surface area (TPSA) is 92.3 Å². The third kappa shape index (κ3) is 2.94. The number of hydrogen-bond donors (Lipinski definition) is 1. The number of rotatable bonds is 4. The van der Waals surface area contributed by atoms with Crippen LogP contribution in [0.4, 0.5) is 5.82 Å². The lowest BCUT2D eigenvalue weighted by Crippen LogP contribution is -2.33. The van der Waals surface area contributed by atoms with Gasteiger partial charge in [0.2, 0.25) is 5.91 Å². The van der Waals surface area contributed by atoms with Gasteiger partial charge in [0.1, 0.15) is 18.7 Å². The zero-order valence-corrected chi connectivity index (χ0v) is 12.4. The number of nitrogens with zero attached hydrogens (tertiary/aromatic N) is 3. The molecular formula is C16H14N4O3. The van der Waals surface area contributed by atoms with E-state index >= 15 is 0 Å². The third-order valence-electron chi connectivity index (χ3n) is 3.61. The summed E-state index contributed by atoms with van der Waals surface area (Å²) in [6.07, 6.45) is 2.84. The predicted molar refractivity (Wildman–Crippen MR) is 81.8 cm³/mol. The molecule has 2 amide bonds. The van der Waals surface area contributed by atoms with Crippen LogP contribution in [0.5, 0.6) is 0 Å². The average molecular weight is 310 g/mol. The van der Waals surface area contributed by atoms with Crippen molar-refractivity contribution in [2.24, 2.45) is 0 Å². The quantitative estimate of drug-likeness (QED) is 0.859. The molecule has 0 aliphatic carbocycles. The van der Waals surface area contributed by atoms with E-state index in [1.807, 2.05) is 0 Å². The fourth-order valence-corrected chi connectivity index (χ4v) is 2.57. The van der Waals surface area contributed by atoms with Crippen LogP contribution in [0.25, 0.3) is 0 Å². The van der Waals surface area contributed by atoms with Gasteiger partial charge in [-0.3, -0.25) is 14.4 Å². The van der Waals surface area contributed by atoms with Gasteiger partial charge < -0.3 is 10.2 Å². The summed E-state index contributed by atoms with van der Waals surface area (Å²) in [4.78, 5) is 45.1. The molecule has 7 nitrogen and oxygen atoms in total. The second-order valence-corrected chi connectivity index (χ2v) is 5.19. The highest BCUT2D eigenvalue weighted by atomic mass is 16.2. The Morgan fingerprint density at radius 3 is 2.83 bits per heavy atom. The van der Waals surface area contributed by atoms with Gasteiger partial charge in [-0.1, -0.05) is 12.1 Å². The summed E-state index contributed by atoms with van der Waals surface area (Å²) in [6, 6.07) is 6.61. The van der Waals surface area contributed by atoms with Crippen molar-refractivity contribution < 1.29 is 14.4 Å². The maximum atomic E-state index is 12.4. The van der Waals surface area contributed by atoms with E-state index in [-0.39, 0.29) is 30.7 Å². The molecule has 0 saturated carbocycles. The first-order valence-corrected chi connectivity index (χ1v) is 7.04. The van der Waals surface area contributed by atoms with Crippen molar-refractivity contribution in [3.8, 4) is 0 Å². The molecule has 0 spiro atoms. The molecule has 1 aromatic carbocycles. The number of benzene rings is 1. The van der Waals surface area contributed by atoms with Crippen molar-refractivity contribution in [2.45, 2.75) is 13.5 Å². The van der Waals surface area contributed by atoms with Gasteiger partial charge in [0.25, 0.3) is 5.91 Å². The Hall–Kier alpha value is -3.09. The van der Waals surface area contributed by atoms with Crippen molar-refractivity contribution in [3.05, 3.63) is 53.5 Å². The minimum atomic E-state index is -0.353. The number of carbonyl (C=O) groups excluding carboxylic acids is 3. The predicted octanol–water partition coefficient (Wildman–Crippen LogP) is 1.27. The van der Waals surface area contributed by atoms with Crippen LogP contribution in [0, 0.1) is 0 Å². The first-order valence-electron chi connectivity index (χ1n) is 7.04. The Morgan fingerprint density at radius 1 is 1.30 bits per heavy atom. The van der Waals surface area contributed by atoms with Gasteiger partial charge in [0, 0.05) is 23.9 Å². The Morgan fingerprint density at radius 2 is 2.13 bits per heavy atom. The maximum Gasteiger partial charge on any atom is 0.254 e. The normalized spacial score (nSPS) is 12.9. The van der Waals surface area contributed by atoms with E-state index < -0.39 is 0 Å². The van der Waals surface area contributed by atoms with E-state index in [9.17, 15) is 14.4 Å². The van der Waals surface area contributed by atoms with Gasteiger partial charge in [-0.05, 0) is 24.6 Å². The summed E-state index contributed by atoms with van der Waals surface area (Å²) in [7, 11) is 0. The lowest BCUT2D eigenvalue weighted by Gasteiger charge is -2.15. The molecule has 0 radical (unpaired) electrons. The molecule has 1 aliphatic heterocycles. The molecule has 0 atom stereocenters. The van der Waals surface area contributed by atoms with Gasteiger partial charge in [-0.2, -0.15) is 0 Å². The van der Waals surface area contributed by atoms with Gasteiger partial charge >= 0.3 is 0 Å². The van der Waals surface area contributed by atoms with E-state index in [0.29, 0.717) is 22.5 Å². The molecule has 0 unspecified atom stereocenters. The number of hydrogen-bond acceptors (Lipinski definition) is 5. The summed E-state index contributed by atoms with van der Waals surface area (Å²) < 4.78 is 0. The van der Waals surface area contributed by atoms with Crippen LogP contribution >= 0.6 is 0 Å². The first-order chi connectivity index (χ1) is 11.1. The van der Waals surface area contributed by atoms with Crippen LogP contribution in [-0.2, 0) is 11.3 Å². The van der Waals surface area contributed by atoms with Crippen molar-refractivity contribution in [2.75, 3.05) is 11.9 Å². The smallest absolute Gasteiger partial charge is 0.254 e. The molecule has 0 saturated heterocycles. The zero-order valence-electron chi connectivity index (χ0n) is 12.4. The Labute approximate surface area is 132 Å². The molecule has 1 N–H and O–H groups in total. The van der Waals surface area contributed by atoms with Crippen molar-refractivity contribution >= 4 is 23.4 Å². The SMILES string of the molecule is CC(=O)c1cccc2c1CN(CC(=O)Nc1ccncn1)C2=O. The molecule has 0 fully saturated rings. The van der Waals surface area contributed by atoms with Gasteiger partial charge in [0.15, 0.2) is 5.78 Å². The highest BCUT2D eigenvalue weighted by molar-refractivity contribution is 6.06. The summed E-state index contributed by atoms with van der Waals surface area (Å²) in [5.74, 6) is -0.323. The first kappa shape index (κ1) is 14.8. The minimum Gasteiger partial charge on any atom is -0.325 e. The number of nitrogens with one attached hydrogen (secondary N) is 1. The molecule has 3 rings (SSSR count). The second-order valence-electron chi connectivity index (χ2n) is 5.19. The average Bonchev–Trinajstić information content (AvgIpc) is 2.84. The van der Waals surface area contributed by atoms with Crippen LogP contribution in [0.1, 0.15) is 33.2 Å². The highest BCUT2D eigenvalue weighted by Gasteiger charge is 2.31. The second kappa shape index (κ2) is 5.96. The number of Topliss-reactive ketones (excluding diaryl/α,β-unsaturated/α-hetero) is 1. The van der Waals surface area contributed by atoms with Crippen LogP contribution in [-0.4, -0.2) is 39.0 Å². The molecular weight excluding hydrogens is 296 g/mol. The lowest BCUT2D eigenvalue weighted by molar-refractivity contribution is -0.116. The summed E-state index contributed by atoms with van der Waals surface area (Å²) in [6.45, 7) is 1.61. The van der Waals surface area contributed by atoms with Crippen LogP contribution in [0.3, 0.4) is 0 Å². The van der Waals surface area contributed by atoms with E-state index in [4.69, 9.17) is 0 Å². The fraction of sp³-hybridized carbons (Fsp3) is 0.188. The van der Waals surface area contributed by atoms with Gasteiger partial charge in [-0.25, -0.2) is 9.97 Å². The van der Waals surface area contributed by atoms with E-state index in [1.54, 1.807) is 24.3 Å². The molecule has 0 bridgehead atoms. The molecule has 116 valence electrons. The molecule has 1 aromatic heterocycles. The number of carbonyl (C=O) groups is 3. The molecule has 2 aromatic rings. The van der Waals surface area contributed by atoms with E-state index in [0.717, 1.165) is 0 Å². The Kier molecular flexibility index (Phi) is 3.84. The monoisotopic (exact) mass is 310 g/mol. The Bertz CT molecular complexity index is 789. The summed E-state index contributed by atoms with van der Waals surface area (Å²) >= 11 is 0. The van der Waals surface area contributed by atoms with Gasteiger partial charge in [0.05, 0.1) is 0 Å². The van der Waals surface area contributed by atoms with Crippen molar-refractivity contribution in [3.63, 3.8) is 0 Å².